The summed E-state index contributed by atoms with van der Waals surface area (Å²) in [5.41, 5.74) is 2.89. The lowest BCUT2D eigenvalue weighted by Gasteiger charge is -2.28. The summed E-state index contributed by atoms with van der Waals surface area (Å²) in [6, 6.07) is 11.8. The Labute approximate surface area is 341 Å². The van der Waals surface area contributed by atoms with Gasteiger partial charge in [0.15, 0.2) is 5.13 Å². The van der Waals surface area contributed by atoms with Crippen LogP contribution in [0.4, 0.5) is 9.52 Å². The SMILES string of the molecule is Cc1ccc(F)cc1C(C(=O)Nc1nccs1)N1Cc2cccc(C#CCOCCOCCOCCOc3ccc4c(c3)C(=O)N(C3CCC(=O)NC3=O)C4=O)c2C1=O. The minimum atomic E-state index is -1.11. The summed E-state index contributed by atoms with van der Waals surface area (Å²) in [4.78, 5) is 83.6. The monoisotopic (exact) mass is 823 g/mol. The lowest BCUT2D eigenvalue weighted by atomic mass is 9.99. The molecule has 7 rings (SSSR count). The number of hydrogen-bond acceptors (Lipinski definition) is 12. The summed E-state index contributed by atoms with van der Waals surface area (Å²) in [6.45, 7) is 3.52. The van der Waals surface area contributed by atoms with Gasteiger partial charge < -0.3 is 23.8 Å². The van der Waals surface area contributed by atoms with Gasteiger partial charge in [0.05, 0.1) is 49.7 Å². The van der Waals surface area contributed by atoms with E-state index in [1.54, 1.807) is 48.8 Å². The van der Waals surface area contributed by atoms with Crippen LogP contribution in [-0.4, -0.2) is 103 Å². The van der Waals surface area contributed by atoms with Crippen molar-refractivity contribution in [2.24, 2.45) is 0 Å². The Balaban J connectivity index is 0.816. The second-order valence-electron chi connectivity index (χ2n) is 13.6. The fourth-order valence-electron chi connectivity index (χ4n) is 6.96. The van der Waals surface area contributed by atoms with Gasteiger partial charge in [-0.15, -0.1) is 11.3 Å². The van der Waals surface area contributed by atoms with Gasteiger partial charge in [-0.1, -0.05) is 30.0 Å². The molecule has 0 spiro atoms. The number of anilines is 1. The number of aryl methyl sites for hydroxylation is 1. The Morgan fingerprint density at radius 3 is 2.47 bits per heavy atom. The van der Waals surface area contributed by atoms with Gasteiger partial charge in [-0.25, -0.2) is 9.37 Å². The maximum Gasteiger partial charge on any atom is 0.262 e. The highest BCUT2D eigenvalue weighted by atomic mass is 32.1. The van der Waals surface area contributed by atoms with Crippen molar-refractivity contribution in [3.63, 3.8) is 0 Å². The smallest absolute Gasteiger partial charge is 0.262 e. The number of carbonyl (C=O) groups is 6. The van der Waals surface area contributed by atoms with Gasteiger partial charge in [0, 0.05) is 30.1 Å². The standard InChI is InChI=1S/C42H38FN5O10S/c1-25-7-8-28(43)22-31(25)36(38(51)46-42-44-13-21-59-42)47-24-27-5-2-4-26(35(27)41(47)54)6-3-14-55-15-16-56-17-18-57-19-20-58-29-9-10-30-32(23-29)40(53)48(39(30)52)33-11-12-34(49)45-37(33)50/h2,4-5,7-10,13,21-23,33,36H,11-12,14-20,24H2,1H3,(H,44,46,51)(H,45,49,50). The third-order valence-electron chi connectivity index (χ3n) is 9.77. The molecule has 15 nitrogen and oxygen atoms in total. The molecule has 0 bridgehead atoms. The molecule has 4 heterocycles. The molecule has 3 aromatic carbocycles. The first kappa shape index (κ1) is 40.9. The third kappa shape index (κ3) is 9.21. The number of imide groups is 2. The predicted molar refractivity (Wildman–Crippen MR) is 209 cm³/mol. The second-order valence-corrected chi connectivity index (χ2v) is 14.5. The van der Waals surface area contributed by atoms with E-state index in [0.29, 0.717) is 45.3 Å². The largest absolute Gasteiger partial charge is 0.491 e. The Hall–Kier alpha value is -6.32. The fraction of sp³-hybridized carbons (Fsp3) is 0.310. The van der Waals surface area contributed by atoms with Gasteiger partial charge in [-0.3, -0.25) is 44.3 Å². The van der Waals surface area contributed by atoms with E-state index in [9.17, 15) is 33.2 Å². The van der Waals surface area contributed by atoms with Crippen molar-refractivity contribution in [1.29, 1.82) is 0 Å². The second kappa shape index (κ2) is 18.5. The number of piperidine rings is 1. The molecule has 1 saturated heterocycles. The highest BCUT2D eigenvalue weighted by Crippen LogP contribution is 2.36. The molecule has 17 heteroatoms. The molecule has 2 atom stereocenters. The van der Waals surface area contributed by atoms with Crippen LogP contribution in [-0.2, 0) is 35.1 Å². The Morgan fingerprint density at radius 2 is 1.71 bits per heavy atom. The van der Waals surface area contributed by atoms with Crippen molar-refractivity contribution in [1.82, 2.24) is 20.1 Å². The van der Waals surface area contributed by atoms with Crippen LogP contribution in [0.1, 0.15) is 72.2 Å². The van der Waals surface area contributed by atoms with Crippen LogP contribution in [0.15, 0.2) is 66.2 Å². The number of benzene rings is 3. The first-order chi connectivity index (χ1) is 28.6. The van der Waals surface area contributed by atoms with Crippen LogP contribution in [0.2, 0.25) is 0 Å². The quantitative estimate of drug-likeness (QED) is 0.0953. The van der Waals surface area contributed by atoms with E-state index in [-0.39, 0.29) is 70.2 Å². The average molecular weight is 824 g/mol. The van der Waals surface area contributed by atoms with E-state index in [1.165, 1.54) is 40.5 Å². The van der Waals surface area contributed by atoms with E-state index in [1.807, 2.05) is 0 Å². The van der Waals surface area contributed by atoms with Crippen molar-refractivity contribution in [2.45, 2.75) is 38.4 Å². The van der Waals surface area contributed by atoms with Crippen molar-refractivity contribution in [3.8, 4) is 17.6 Å². The zero-order chi connectivity index (χ0) is 41.5. The van der Waals surface area contributed by atoms with Gasteiger partial charge in [0.2, 0.25) is 11.8 Å². The highest BCUT2D eigenvalue weighted by Gasteiger charge is 2.45. The number of hydrogen-bond donors (Lipinski definition) is 2. The van der Waals surface area contributed by atoms with E-state index in [0.717, 1.165) is 4.90 Å². The molecule has 4 aromatic rings. The number of rotatable bonds is 16. The molecule has 59 heavy (non-hydrogen) atoms. The third-order valence-corrected chi connectivity index (χ3v) is 10.5. The van der Waals surface area contributed by atoms with Crippen molar-refractivity contribution >= 4 is 51.9 Å². The Bertz CT molecular complexity index is 2360. The van der Waals surface area contributed by atoms with Crippen molar-refractivity contribution in [3.05, 3.63) is 111 Å². The molecule has 3 aliphatic rings. The minimum absolute atomic E-state index is 0.0403. The highest BCUT2D eigenvalue weighted by molar-refractivity contribution is 7.13. The number of nitrogens with one attached hydrogen (secondary N) is 2. The summed E-state index contributed by atoms with van der Waals surface area (Å²) in [6.07, 6.45) is 1.67. The lowest BCUT2D eigenvalue weighted by Crippen LogP contribution is -2.54. The fourth-order valence-corrected chi connectivity index (χ4v) is 7.50. The normalized spacial score (nSPS) is 16.4. The van der Waals surface area contributed by atoms with Gasteiger partial charge in [-0.2, -0.15) is 0 Å². The topological polar surface area (TPSA) is 183 Å². The predicted octanol–water partition coefficient (Wildman–Crippen LogP) is 3.81. The van der Waals surface area contributed by atoms with Crippen LogP contribution in [0.3, 0.4) is 0 Å². The maximum absolute atomic E-state index is 14.4. The van der Waals surface area contributed by atoms with Gasteiger partial charge >= 0.3 is 0 Å². The van der Waals surface area contributed by atoms with E-state index in [4.69, 9.17) is 18.9 Å². The van der Waals surface area contributed by atoms with Gasteiger partial charge in [-0.05, 0) is 66.4 Å². The maximum atomic E-state index is 14.4. The summed E-state index contributed by atoms with van der Waals surface area (Å²) >= 11 is 1.23. The Morgan fingerprint density at radius 1 is 0.949 bits per heavy atom. The number of ether oxygens (including phenoxy) is 4. The van der Waals surface area contributed by atoms with Crippen molar-refractivity contribution < 1.29 is 52.1 Å². The molecule has 1 aromatic heterocycles. The first-order valence-electron chi connectivity index (χ1n) is 18.7. The summed E-state index contributed by atoms with van der Waals surface area (Å²) < 4.78 is 36.8. The molecule has 0 radical (unpaired) electrons. The number of thiazole rings is 1. The molecule has 0 saturated carbocycles. The average Bonchev–Trinajstić information content (AvgIpc) is 3.92. The molecule has 0 aliphatic carbocycles. The number of amides is 6. The molecule has 6 amide bonds. The minimum Gasteiger partial charge on any atom is -0.491 e. The molecular formula is C42H38FN5O10S. The zero-order valence-electron chi connectivity index (χ0n) is 31.8. The van der Waals surface area contributed by atoms with Crippen LogP contribution in [0.5, 0.6) is 5.75 Å². The van der Waals surface area contributed by atoms with Gasteiger partial charge in [0.25, 0.3) is 23.6 Å². The molecule has 2 N–H and O–H groups in total. The van der Waals surface area contributed by atoms with Crippen LogP contribution < -0.4 is 15.4 Å². The van der Waals surface area contributed by atoms with Crippen LogP contribution in [0, 0.1) is 24.6 Å². The number of carbonyl (C=O) groups excluding carboxylic acids is 6. The summed E-state index contributed by atoms with van der Waals surface area (Å²) in [7, 11) is 0. The van der Waals surface area contributed by atoms with E-state index in [2.05, 4.69) is 27.5 Å². The number of nitrogens with zero attached hydrogens (tertiary/aromatic N) is 3. The molecular weight excluding hydrogens is 786 g/mol. The number of halogens is 1. The lowest BCUT2D eigenvalue weighted by molar-refractivity contribution is -0.136. The molecule has 304 valence electrons. The number of fused-ring (bicyclic) bond motifs is 2. The molecule has 1 fully saturated rings. The Kier molecular flexibility index (Phi) is 12.8. The zero-order valence-corrected chi connectivity index (χ0v) is 32.6. The van der Waals surface area contributed by atoms with Crippen LogP contribution >= 0.6 is 11.3 Å². The first-order valence-corrected chi connectivity index (χ1v) is 19.6. The molecule has 3 aliphatic heterocycles. The van der Waals surface area contributed by atoms with Crippen LogP contribution in [0.25, 0.3) is 0 Å². The van der Waals surface area contributed by atoms with Gasteiger partial charge in [0.1, 0.15) is 36.9 Å². The van der Waals surface area contributed by atoms with E-state index >= 15 is 0 Å². The van der Waals surface area contributed by atoms with Crippen molar-refractivity contribution in [2.75, 3.05) is 51.6 Å². The molecule has 2 unspecified atom stereocenters. The summed E-state index contributed by atoms with van der Waals surface area (Å²) in [5, 5.41) is 7.01. The van der Waals surface area contributed by atoms with E-state index < -0.39 is 53.3 Å². The summed E-state index contributed by atoms with van der Waals surface area (Å²) in [5.74, 6) is 2.58. The number of aromatic nitrogens is 1.